The van der Waals surface area contributed by atoms with E-state index in [2.05, 4.69) is 34.1 Å². The summed E-state index contributed by atoms with van der Waals surface area (Å²) in [7, 11) is 0. The number of anilines is 1. The van der Waals surface area contributed by atoms with Crippen LogP contribution < -0.4 is 4.90 Å². The van der Waals surface area contributed by atoms with Crippen molar-refractivity contribution in [1.29, 1.82) is 0 Å². The van der Waals surface area contributed by atoms with E-state index in [-0.39, 0.29) is 18.0 Å². The summed E-state index contributed by atoms with van der Waals surface area (Å²) in [5.74, 6) is 0.702. The Balaban J connectivity index is 1.84. The Morgan fingerprint density at radius 2 is 1.83 bits per heavy atom. The summed E-state index contributed by atoms with van der Waals surface area (Å²) < 4.78 is 19.1. The van der Waals surface area contributed by atoms with Gasteiger partial charge in [-0.05, 0) is 31.5 Å². The number of benzene rings is 1. The molecular weight excluding hydrogens is 325 g/mol. The molecule has 0 aliphatic carbocycles. The molecule has 3 aromatic rings. The normalized spacial score (nSPS) is 21.4. The minimum atomic E-state index is -0.231. The summed E-state index contributed by atoms with van der Waals surface area (Å²) >= 11 is 1.59. The molecule has 2 atom stereocenters. The van der Waals surface area contributed by atoms with E-state index in [9.17, 15) is 4.39 Å². The molecule has 0 bridgehead atoms. The van der Waals surface area contributed by atoms with E-state index in [1.807, 2.05) is 0 Å². The summed E-state index contributed by atoms with van der Waals surface area (Å²) in [5.41, 5.74) is 2.03. The molecule has 1 aliphatic heterocycles. The van der Waals surface area contributed by atoms with E-state index in [1.54, 1.807) is 29.8 Å². The molecule has 3 heterocycles. The molecule has 1 aromatic carbocycles. The predicted octanol–water partition coefficient (Wildman–Crippen LogP) is 4.11. The zero-order valence-electron chi connectivity index (χ0n) is 13.6. The summed E-state index contributed by atoms with van der Waals surface area (Å²) in [6.45, 7) is 5.76. The van der Waals surface area contributed by atoms with Crippen molar-refractivity contribution in [2.45, 2.75) is 26.1 Å². The molecule has 2 aromatic heterocycles. The van der Waals surface area contributed by atoms with Crippen molar-refractivity contribution < 1.29 is 9.13 Å². The van der Waals surface area contributed by atoms with E-state index < -0.39 is 0 Å². The molecule has 0 radical (unpaired) electrons. The third kappa shape index (κ3) is 2.76. The van der Waals surface area contributed by atoms with Crippen LogP contribution in [-0.2, 0) is 4.74 Å². The largest absolute Gasteiger partial charge is 0.372 e. The van der Waals surface area contributed by atoms with Gasteiger partial charge in [-0.2, -0.15) is 0 Å². The number of aromatic nitrogens is 2. The van der Waals surface area contributed by atoms with E-state index in [1.165, 1.54) is 12.1 Å². The molecule has 0 spiro atoms. The molecular formula is C18H18FN3OS. The molecule has 24 heavy (non-hydrogen) atoms. The summed E-state index contributed by atoms with van der Waals surface area (Å²) in [6.07, 6.45) is 1.94. The van der Waals surface area contributed by atoms with Gasteiger partial charge in [-0.25, -0.2) is 14.4 Å². The van der Waals surface area contributed by atoms with Gasteiger partial charge in [0.15, 0.2) is 0 Å². The first-order valence-electron chi connectivity index (χ1n) is 8.00. The lowest BCUT2D eigenvalue weighted by Gasteiger charge is -2.36. The van der Waals surface area contributed by atoms with Crippen molar-refractivity contribution in [2.24, 2.45) is 0 Å². The highest BCUT2D eigenvalue weighted by Crippen LogP contribution is 2.38. The van der Waals surface area contributed by atoms with Crippen molar-refractivity contribution in [1.82, 2.24) is 9.97 Å². The lowest BCUT2D eigenvalue weighted by molar-refractivity contribution is -0.00537. The fourth-order valence-corrected chi connectivity index (χ4v) is 4.20. The number of nitrogens with zero attached hydrogens (tertiary/aromatic N) is 3. The van der Waals surface area contributed by atoms with Gasteiger partial charge in [0, 0.05) is 24.0 Å². The lowest BCUT2D eigenvalue weighted by atomic mass is 10.1. The minimum Gasteiger partial charge on any atom is -0.372 e. The van der Waals surface area contributed by atoms with E-state index in [0.29, 0.717) is 0 Å². The maximum absolute atomic E-state index is 13.3. The van der Waals surface area contributed by atoms with Crippen molar-refractivity contribution >= 4 is 27.4 Å². The number of morpholine rings is 1. The second-order valence-corrected chi connectivity index (χ2v) is 7.05. The summed E-state index contributed by atoms with van der Waals surface area (Å²) in [6, 6.07) is 6.58. The molecule has 1 saturated heterocycles. The van der Waals surface area contributed by atoms with E-state index in [4.69, 9.17) is 4.74 Å². The highest BCUT2D eigenvalue weighted by atomic mass is 32.1. The molecule has 2 unspecified atom stereocenters. The quantitative estimate of drug-likeness (QED) is 0.702. The third-order valence-corrected chi connectivity index (χ3v) is 5.11. The van der Waals surface area contributed by atoms with Gasteiger partial charge < -0.3 is 9.64 Å². The standard InChI is InChI=1S/C18H18FN3OS/c1-11-7-22(8-12(2)23-11)17-16-15(9-24-18(16)21-10-20-17)13-3-5-14(19)6-4-13/h3-6,9-12H,7-8H2,1-2H3. The first-order chi connectivity index (χ1) is 11.6. The number of ether oxygens (including phenoxy) is 1. The Morgan fingerprint density at radius 3 is 2.54 bits per heavy atom. The Morgan fingerprint density at radius 1 is 1.12 bits per heavy atom. The SMILES string of the molecule is CC1CN(c2ncnc3scc(-c4ccc(F)cc4)c23)CC(C)O1. The zero-order valence-corrected chi connectivity index (χ0v) is 14.4. The van der Waals surface area contributed by atoms with Gasteiger partial charge in [-0.1, -0.05) is 12.1 Å². The van der Waals surface area contributed by atoms with Crippen LogP contribution in [0.15, 0.2) is 36.0 Å². The average molecular weight is 343 g/mol. The van der Waals surface area contributed by atoms with E-state index >= 15 is 0 Å². The summed E-state index contributed by atoms with van der Waals surface area (Å²) in [5, 5.41) is 3.11. The number of thiophene rings is 1. The molecule has 0 amide bonds. The predicted molar refractivity (Wildman–Crippen MR) is 95.0 cm³/mol. The van der Waals surface area contributed by atoms with Crippen LogP contribution in [-0.4, -0.2) is 35.3 Å². The van der Waals surface area contributed by atoms with Gasteiger partial charge in [0.25, 0.3) is 0 Å². The average Bonchev–Trinajstić information content (AvgIpc) is 2.99. The molecule has 6 heteroatoms. The van der Waals surface area contributed by atoms with Crippen LogP contribution in [0.1, 0.15) is 13.8 Å². The lowest BCUT2D eigenvalue weighted by Crippen LogP contribution is -2.45. The fraction of sp³-hybridized carbons (Fsp3) is 0.333. The first-order valence-corrected chi connectivity index (χ1v) is 8.88. The minimum absolute atomic E-state index is 0.159. The third-order valence-electron chi connectivity index (χ3n) is 4.22. The van der Waals surface area contributed by atoms with Gasteiger partial charge in [-0.15, -0.1) is 11.3 Å². The zero-order chi connectivity index (χ0) is 16.7. The molecule has 0 saturated carbocycles. The number of hydrogen-bond acceptors (Lipinski definition) is 5. The van der Waals surface area contributed by atoms with Crippen molar-refractivity contribution in [2.75, 3.05) is 18.0 Å². The number of hydrogen-bond donors (Lipinski definition) is 0. The molecule has 0 N–H and O–H groups in total. The summed E-state index contributed by atoms with van der Waals surface area (Å²) in [4.78, 5) is 12.2. The molecule has 4 nitrogen and oxygen atoms in total. The topological polar surface area (TPSA) is 38.2 Å². The maximum Gasteiger partial charge on any atom is 0.141 e. The molecule has 124 valence electrons. The Hall–Kier alpha value is -2.05. The van der Waals surface area contributed by atoms with E-state index in [0.717, 1.165) is 40.3 Å². The molecule has 4 rings (SSSR count). The second-order valence-electron chi connectivity index (χ2n) is 6.20. The Kier molecular flexibility index (Phi) is 3.94. The highest BCUT2D eigenvalue weighted by molar-refractivity contribution is 7.17. The Labute approximate surface area is 143 Å². The second kappa shape index (κ2) is 6.11. The highest BCUT2D eigenvalue weighted by Gasteiger charge is 2.26. The van der Waals surface area contributed by atoms with Gasteiger partial charge in [0.2, 0.25) is 0 Å². The van der Waals surface area contributed by atoms with Crippen LogP contribution in [0.25, 0.3) is 21.3 Å². The number of halogens is 1. The van der Waals surface area contributed by atoms with Crippen LogP contribution in [0.3, 0.4) is 0 Å². The van der Waals surface area contributed by atoms with Crippen LogP contribution in [0.4, 0.5) is 10.2 Å². The van der Waals surface area contributed by atoms with Crippen molar-refractivity contribution in [3.05, 3.63) is 41.8 Å². The van der Waals surface area contributed by atoms with Crippen LogP contribution in [0.5, 0.6) is 0 Å². The molecule has 1 aliphatic rings. The van der Waals surface area contributed by atoms with Crippen LogP contribution in [0, 0.1) is 5.82 Å². The van der Waals surface area contributed by atoms with Gasteiger partial charge in [0.1, 0.15) is 22.8 Å². The van der Waals surface area contributed by atoms with Gasteiger partial charge >= 0.3 is 0 Å². The van der Waals surface area contributed by atoms with Crippen LogP contribution in [0.2, 0.25) is 0 Å². The monoisotopic (exact) mass is 343 g/mol. The first kappa shape index (κ1) is 15.5. The van der Waals surface area contributed by atoms with Gasteiger partial charge in [0.05, 0.1) is 17.6 Å². The maximum atomic E-state index is 13.3. The smallest absolute Gasteiger partial charge is 0.141 e. The Bertz CT molecular complexity index is 854. The number of rotatable bonds is 2. The van der Waals surface area contributed by atoms with Crippen LogP contribution >= 0.6 is 11.3 Å². The van der Waals surface area contributed by atoms with Gasteiger partial charge in [-0.3, -0.25) is 0 Å². The number of fused-ring (bicyclic) bond motifs is 1. The fourth-order valence-electron chi connectivity index (χ4n) is 3.29. The molecule has 1 fully saturated rings. The van der Waals surface area contributed by atoms with Crippen molar-refractivity contribution in [3.8, 4) is 11.1 Å². The van der Waals surface area contributed by atoms with Crippen molar-refractivity contribution in [3.63, 3.8) is 0 Å².